The Morgan fingerprint density at radius 2 is 1.96 bits per heavy atom. The van der Waals surface area contributed by atoms with Crippen LogP contribution in [0.1, 0.15) is 32.6 Å². The lowest BCUT2D eigenvalue weighted by Gasteiger charge is -2.34. The van der Waals surface area contributed by atoms with Gasteiger partial charge in [0, 0.05) is 39.3 Å². The van der Waals surface area contributed by atoms with Gasteiger partial charge in [-0.15, -0.1) is 24.0 Å². The van der Waals surface area contributed by atoms with Crippen molar-refractivity contribution in [3.8, 4) is 0 Å². The van der Waals surface area contributed by atoms with Gasteiger partial charge in [0.15, 0.2) is 5.96 Å². The number of guanidine groups is 1. The van der Waals surface area contributed by atoms with E-state index in [4.69, 9.17) is 4.74 Å². The second-order valence-electron chi connectivity index (χ2n) is 6.64. The molecule has 0 unspecified atom stereocenters. The third kappa shape index (κ3) is 6.22. The van der Waals surface area contributed by atoms with E-state index in [-0.39, 0.29) is 41.9 Å². The molecule has 0 spiro atoms. The SMILES string of the molecule is CCOC(=O)[C@H]1CCCN(C(=NC)NC[C@H]2CCCN2S(C)(=O)=O)C1.I. The molecule has 2 heterocycles. The van der Waals surface area contributed by atoms with E-state index in [1.165, 1.54) is 6.26 Å². The Hall–Kier alpha value is -0.620. The first kappa shape index (κ1) is 23.4. The van der Waals surface area contributed by atoms with E-state index in [1.807, 2.05) is 6.92 Å². The highest BCUT2D eigenvalue weighted by atomic mass is 127. The van der Waals surface area contributed by atoms with Crippen molar-refractivity contribution < 1.29 is 17.9 Å². The normalized spacial score (nSPS) is 24.9. The van der Waals surface area contributed by atoms with E-state index < -0.39 is 10.0 Å². The van der Waals surface area contributed by atoms with Gasteiger partial charge < -0.3 is 15.0 Å². The Morgan fingerprint density at radius 1 is 1.27 bits per heavy atom. The molecule has 26 heavy (non-hydrogen) atoms. The van der Waals surface area contributed by atoms with Gasteiger partial charge >= 0.3 is 5.97 Å². The molecule has 0 aliphatic carbocycles. The first-order valence-electron chi connectivity index (χ1n) is 8.95. The second-order valence-corrected chi connectivity index (χ2v) is 8.57. The Balaban J connectivity index is 0.00000338. The molecule has 0 aromatic rings. The summed E-state index contributed by atoms with van der Waals surface area (Å²) in [5.41, 5.74) is 0. The number of carbonyl (C=O) groups excluding carboxylic acids is 1. The maximum absolute atomic E-state index is 12.0. The maximum Gasteiger partial charge on any atom is 0.310 e. The number of rotatable bonds is 5. The number of ether oxygens (including phenoxy) is 1. The molecule has 2 atom stereocenters. The van der Waals surface area contributed by atoms with Gasteiger partial charge in [0.2, 0.25) is 10.0 Å². The fourth-order valence-corrected chi connectivity index (χ4v) is 4.80. The molecule has 152 valence electrons. The molecule has 1 N–H and O–H groups in total. The Labute approximate surface area is 173 Å². The number of esters is 1. The molecule has 0 amide bonds. The molecule has 8 nitrogen and oxygen atoms in total. The van der Waals surface area contributed by atoms with E-state index in [0.717, 1.165) is 32.2 Å². The van der Waals surface area contributed by atoms with Crippen LogP contribution >= 0.6 is 24.0 Å². The molecule has 0 aromatic carbocycles. The van der Waals surface area contributed by atoms with Gasteiger partial charge in [-0.25, -0.2) is 8.42 Å². The van der Waals surface area contributed by atoms with Gasteiger partial charge in [0.25, 0.3) is 0 Å². The molecule has 2 saturated heterocycles. The highest BCUT2D eigenvalue weighted by Gasteiger charge is 2.32. The minimum Gasteiger partial charge on any atom is -0.466 e. The predicted molar refractivity (Wildman–Crippen MR) is 112 cm³/mol. The zero-order chi connectivity index (χ0) is 18.4. The summed E-state index contributed by atoms with van der Waals surface area (Å²) in [6, 6.07) is -0.0441. The maximum atomic E-state index is 12.0. The third-order valence-corrected chi connectivity index (χ3v) is 6.13. The molecule has 2 aliphatic rings. The smallest absolute Gasteiger partial charge is 0.310 e. The minimum atomic E-state index is -3.18. The first-order chi connectivity index (χ1) is 11.9. The molecule has 2 fully saturated rings. The largest absolute Gasteiger partial charge is 0.466 e. The number of aliphatic imine (C=N–C) groups is 1. The average molecular weight is 502 g/mol. The van der Waals surface area contributed by atoms with Gasteiger partial charge in [-0.1, -0.05) is 0 Å². The van der Waals surface area contributed by atoms with Crippen LogP contribution in [0.4, 0.5) is 0 Å². The number of carbonyl (C=O) groups is 1. The summed E-state index contributed by atoms with van der Waals surface area (Å²) in [6.07, 6.45) is 4.73. The van der Waals surface area contributed by atoms with Crippen molar-refractivity contribution in [3.05, 3.63) is 0 Å². The number of nitrogens with one attached hydrogen (secondary N) is 1. The Morgan fingerprint density at radius 3 is 2.58 bits per heavy atom. The molecule has 0 bridgehead atoms. The zero-order valence-corrected chi connectivity index (χ0v) is 19.0. The summed E-state index contributed by atoms with van der Waals surface area (Å²) >= 11 is 0. The van der Waals surface area contributed by atoms with Crippen LogP contribution in [0.15, 0.2) is 4.99 Å². The van der Waals surface area contributed by atoms with E-state index >= 15 is 0 Å². The molecular weight excluding hydrogens is 471 g/mol. The fraction of sp³-hybridized carbons (Fsp3) is 0.875. The highest BCUT2D eigenvalue weighted by Crippen LogP contribution is 2.21. The van der Waals surface area contributed by atoms with Crippen LogP contribution in [-0.2, 0) is 19.6 Å². The molecule has 2 aliphatic heterocycles. The van der Waals surface area contributed by atoms with Crippen molar-refractivity contribution in [1.29, 1.82) is 0 Å². The summed E-state index contributed by atoms with van der Waals surface area (Å²) in [5.74, 6) is 0.433. The Bertz CT molecular complexity index is 599. The van der Waals surface area contributed by atoms with Crippen molar-refractivity contribution in [2.75, 3.05) is 46.1 Å². The van der Waals surface area contributed by atoms with Gasteiger partial charge in [-0.05, 0) is 32.6 Å². The first-order valence-corrected chi connectivity index (χ1v) is 10.8. The monoisotopic (exact) mass is 502 g/mol. The number of sulfonamides is 1. The van der Waals surface area contributed by atoms with Crippen LogP contribution in [0.2, 0.25) is 0 Å². The predicted octanol–water partition coefficient (Wildman–Crippen LogP) is 0.879. The van der Waals surface area contributed by atoms with Crippen LogP contribution < -0.4 is 5.32 Å². The third-order valence-electron chi connectivity index (χ3n) is 4.80. The van der Waals surface area contributed by atoms with E-state index in [0.29, 0.717) is 32.2 Å². The van der Waals surface area contributed by atoms with Crippen molar-refractivity contribution in [2.24, 2.45) is 10.9 Å². The number of hydrogen-bond donors (Lipinski definition) is 1. The number of nitrogens with zero attached hydrogens (tertiary/aromatic N) is 3. The van der Waals surface area contributed by atoms with Crippen LogP contribution in [-0.4, -0.2) is 81.7 Å². The number of likely N-dealkylation sites (tertiary alicyclic amines) is 1. The van der Waals surface area contributed by atoms with Gasteiger partial charge in [0.05, 0.1) is 18.8 Å². The summed E-state index contributed by atoms with van der Waals surface area (Å²) < 4.78 is 30.4. The van der Waals surface area contributed by atoms with Crippen LogP contribution in [0.5, 0.6) is 0 Å². The number of piperidine rings is 1. The molecular formula is C16H31IN4O4S. The minimum absolute atomic E-state index is 0. The standard InChI is InChI=1S/C16H30N4O4S.HI/c1-4-24-15(21)13-7-5-9-19(12-13)16(17-2)18-11-14-8-6-10-20(14)25(3,22)23;/h13-14H,4-12H2,1-3H3,(H,17,18);1H/t13-,14+;/m0./s1. The fourth-order valence-electron chi connectivity index (χ4n) is 3.61. The highest BCUT2D eigenvalue weighted by molar-refractivity contribution is 14.0. The lowest BCUT2D eigenvalue weighted by atomic mass is 9.98. The summed E-state index contributed by atoms with van der Waals surface area (Å²) in [6.45, 7) is 4.73. The molecule has 0 aromatic heterocycles. The number of halogens is 1. The quantitative estimate of drug-likeness (QED) is 0.260. The Kier molecular flexibility index (Phi) is 9.59. The molecule has 2 rings (SSSR count). The zero-order valence-electron chi connectivity index (χ0n) is 15.8. The molecule has 0 saturated carbocycles. The van der Waals surface area contributed by atoms with E-state index in [2.05, 4.69) is 15.2 Å². The van der Waals surface area contributed by atoms with E-state index in [1.54, 1.807) is 11.4 Å². The lowest BCUT2D eigenvalue weighted by molar-refractivity contribution is -0.149. The van der Waals surface area contributed by atoms with Crippen molar-refractivity contribution in [2.45, 2.75) is 38.6 Å². The summed E-state index contributed by atoms with van der Waals surface area (Å²) in [7, 11) is -1.47. The van der Waals surface area contributed by atoms with Crippen molar-refractivity contribution in [1.82, 2.24) is 14.5 Å². The van der Waals surface area contributed by atoms with Gasteiger partial charge in [0.1, 0.15) is 0 Å². The van der Waals surface area contributed by atoms with E-state index in [9.17, 15) is 13.2 Å². The molecule has 0 radical (unpaired) electrons. The van der Waals surface area contributed by atoms with Crippen LogP contribution in [0.3, 0.4) is 0 Å². The second kappa shape index (κ2) is 10.6. The molecule has 10 heteroatoms. The van der Waals surface area contributed by atoms with Crippen LogP contribution in [0, 0.1) is 5.92 Å². The average Bonchev–Trinajstić information content (AvgIpc) is 3.05. The topological polar surface area (TPSA) is 91.3 Å². The van der Waals surface area contributed by atoms with Crippen molar-refractivity contribution >= 4 is 45.9 Å². The van der Waals surface area contributed by atoms with Gasteiger partial charge in [-0.2, -0.15) is 4.31 Å². The summed E-state index contributed by atoms with van der Waals surface area (Å²) in [4.78, 5) is 18.4. The van der Waals surface area contributed by atoms with Gasteiger partial charge in [-0.3, -0.25) is 9.79 Å². The number of hydrogen-bond acceptors (Lipinski definition) is 5. The van der Waals surface area contributed by atoms with Crippen LogP contribution in [0.25, 0.3) is 0 Å². The van der Waals surface area contributed by atoms with Crippen molar-refractivity contribution in [3.63, 3.8) is 0 Å². The summed E-state index contributed by atoms with van der Waals surface area (Å²) in [5, 5.41) is 3.29. The lowest BCUT2D eigenvalue weighted by Crippen LogP contribution is -2.51.